The topological polar surface area (TPSA) is 50.2 Å². The highest BCUT2D eigenvalue weighted by molar-refractivity contribution is 7.09. The summed E-state index contributed by atoms with van der Waals surface area (Å²) in [6.45, 7) is 5.55. The van der Waals surface area contributed by atoms with Crippen molar-refractivity contribution < 1.29 is 9.90 Å². The molecule has 14 heavy (non-hydrogen) atoms. The van der Waals surface area contributed by atoms with Crippen LogP contribution in [-0.2, 0) is 11.2 Å². The number of hydrogen-bond acceptors (Lipinski definition) is 4. The van der Waals surface area contributed by atoms with Gasteiger partial charge in [-0.15, -0.1) is 11.3 Å². The standard InChI is InChI=1S/C10H15NO2S/c1-10(2,3)9(13)8(12)4-7-5-11-6-14-7/h5-6,9,13H,4H2,1-3H3. The molecule has 1 unspecified atom stereocenters. The number of carbonyl (C=O) groups excluding carboxylic acids is 1. The molecule has 0 spiro atoms. The number of ketones is 1. The fourth-order valence-corrected chi connectivity index (χ4v) is 1.69. The van der Waals surface area contributed by atoms with Crippen molar-refractivity contribution in [2.75, 3.05) is 0 Å². The average molecular weight is 213 g/mol. The minimum absolute atomic E-state index is 0.137. The first-order chi connectivity index (χ1) is 6.41. The summed E-state index contributed by atoms with van der Waals surface area (Å²) in [6, 6.07) is 0. The highest BCUT2D eigenvalue weighted by Gasteiger charge is 2.28. The predicted octanol–water partition coefficient (Wildman–Crippen LogP) is 1.66. The van der Waals surface area contributed by atoms with Gasteiger partial charge in [0.25, 0.3) is 0 Å². The lowest BCUT2D eigenvalue weighted by atomic mass is 9.86. The molecule has 1 atom stereocenters. The maximum atomic E-state index is 11.6. The van der Waals surface area contributed by atoms with Crippen LogP contribution in [-0.4, -0.2) is 22.0 Å². The third-order valence-electron chi connectivity index (χ3n) is 1.96. The minimum atomic E-state index is -0.899. The number of aromatic nitrogens is 1. The zero-order valence-corrected chi connectivity index (χ0v) is 9.47. The molecule has 1 aromatic heterocycles. The van der Waals surface area contributed by atoms with Crippen molar-refractivity contribution in [1.29, 1.82) is 0 Å². The molecule has 0 aliphatic heterocycles. The number of Topliss-reactive ketones (excluding diaryl/α,β-unsaturated/α-hetero) is 1. The Morgan fingerprint density at radius 1 is 1.64 bits per heavy atom. The smallest absolute Gasteiger partial charge is 0.167 e. The molecule has 1 aromatic rings. The number of thiazole rings is 1. The summed E-state index contributed by atoms with van der Waals surface area (Å²) in [4.78, 5) is 16.4. The fraction of sp³-hybridized carbons (Fsp3) is 0.600. The van der Waals surface area contributed by atoms with E-state index >= 15 is 0 Å². The van der Waals surface area contributed by atoms with Crippen molar-refractivity contribution in [3.63, 3.8) is 0 Å². The third kappa shape index (κ3) is 2.89. The zero-order chi connectivity index (χ0) is 10.8. The van der Waals surface area contributed by atoms with Crippen LogP contribution in [0.3, 0.4) is 0 Å². The van der Waals surface area contributed by atoms with E-state index in [-0.39, 0.29) is 17.6 Å². The summed E-state index contributed by atoms with van der Waals surface area (Å²) < 4.78 is 0. The highest BCUT2D eigenvalue weighted by atomic mass is 32.1. The number of hydrogen-bond donors (Lipinski definition) is 1. The molecule has 0 fully saturated rings. The molecule has 78 valence electrons. The molecule has 0 aromatic carbocycles. The largest absolute Gasteiger partial charge is 0.385 e. The maximum absolute atomic E-state index is 11.6. The Kier molecular flexibility index (Phi) is 3.39. The van der Waals surface area contributed by atoms with Gasteiger partial charge in [0, 0.05) is 17.5 Å². The Hall–Kier alpha value is -0.740. The van der Waals surface area contributed by atoms with Gasteiger partial charge >= 0.3 is 0 Å². The molecule has 4 heteroatoms. The first-order valence-electron chi connectivity index (χ1n) is 4.49. The molecule has 0 radical (unpaired) electrons. The Bertz CT molecular complexity index is 300. The van der Waals surface area contributed by atoms with Crippen LogP contribution in [0.2, 0.25) is 0 Å². The summed E-state index contributed by atoms with van der Waals surface area (Å²) >= 11 is 1.44. The van der Waals surface area contributed by atoms with Crippen molar-refractivity contribution in [2.24, 2.45) is 5.41 Å². The Morgan fingerprint density at radius 3 is 2.71 bits per heavy atom. The number of rotatable bonds is 3. The Morgan fingerprint density at radius 2 is 2.29 bits per heavy atom. The third-order valence-corrected chi connectivity index (χ3v) is 2.74. The van der Waals surface area contributed by atoms with E-state index < -0.39 is 6.10 Å². The van der Waals surface area contributed by atoms with Crippen molar-refractivity contribution in [2.45, 2.75) is 33.3 Å². The van der Waals surface area contributed by atoms with Crippen LogP contribution in [0.15, 0.2) is 11.7 Å². The lowest BCUT2D eigenvalue weighted by molar-refractivity contribution is -0.131. The van der Waals surface area contributed by atoms with Crippen molar-refractivity contribution in [1.82, 2.24) is 4.98 Å². The van der Waals surface area contributed by atoms with Crippen LogP contribution in [0.25, 0.3) is 0 Å². The molecule has 1 heterocycles. The minimum Gasteiger partial charge on any atom is -0.385 e. The number of aliphatic hydroxyl groups excluding tert-OH is 1. The van der Waals surface area contributed by atoms with E-state index in [1.165, 1.54) is 11.3 Å². The lowest BCUT2D eigenvalue weighted by Gasteiger charge is -2.24. The van der Waals surface area contributed by atoms with Crippen molar-refractivity contribution >= 4 is 17.1 Å². The SMILES string of the molecule is CC(C)(C)C(O)C(=O)Cc1cncs1. The van der Waals surface area contributed by atoms with Crippen molar-refractivity contribution in [3.8, 4) is 0 Å². The van der Waals surface area contributed by atoms with E-state index in [0.717, 1.165) is 4.88 Å². The second-order valence-electron chi connectivity index (χ2n) is 4.38. The quantitative estimate of drug-likeness (QED) is 0.830. The number of nitrogens with zero attached hydrogens (tertiary/aromatic N) is 1. The van der Waals surface area contributed by atoms with Crippen LogP contribution >= 0.6 is 11.3 Å². The van der Waals surface area contributed by atoms with Gasteiger partial charge in [-0.1, -0.05) is 20.8 Å². The number of aliphatic hydroxyl groups is 1. The van der Waals surface area contributed by atoms with Gasteiger partial charge in [-0.25, -0.2) is 0 Å². The van der Waals surface area contributed by atoms with E-state index in [4.69, 9.17) is 0 Å². The summed E-state index contributed by atoms with van der Waals surface area (Å²) in [6.07, 6.45) is 1.05. The summed E-state index contributed by atoms with van der Waals surface area (Å²) in [5.74, 6) is -0.137. The molecular weight excluding hydrogens is 198 g/mol. The summed E-state index contributed by atoms with van der Waals surface area (Å²) in [7, 11) is 0. The molecule has 3 nitrogen and oxygen atoms in total. The molecule has 0 bridgehead atoms. The van der Waals surface area contributed by atoms with Gasteiger partial charge in [0.15, 0.2) is 5.78 Å². The highest BCUT2D eigenvalue weighted by Crippen LogP contribution is 2.21. The van der Waals surface area contributed by atoms with Crippen LogP contribution in [0.4, 0.5) is 0 Å². The van der Waals surface area contributed by atoms with Gasteiger partial charge in [0.1, 0.15) is 6.10 Å². The van der Waals surface area contributed by atoms with Crippen molar-refractivity contribution in [3.05, 3.63) is 16.6 Å². The molecule has 1 N–H and O–H groups in total. The second kappa shape index (κ2) is 4.19. The van der Waals surface area contributed by atoms with E-state index in [1.54, 1.807) is 11.7 Å². The van der Waals surface area contributed by atoms with Gasteiger partial charge in [0.05, 0.1) is 5.51 Å². The zero-order valence-electron chi connectivity index (χ0n) is 8.65. The Balaban J connectivity index is 2.59. The van der Waals surface area contributed by atoms with Gasteiger partial charge in [-0.3, -0.25) is 9.78 Å². The second-order valence-corrected chi connectivity index (χ2v) is 5.35. The van der Waals surface area contributed by atoms with Gasteiger partial charge < -0.3 is 5.11 Å². The summed E-state index contributed by atoms with van der Waals surface area (Å²) in [5.41, 5.74) is 1.30. The van der Waals surface area contributed by atoms with Crippen LogP contribution in [0.5, 0.6) is 0 Å². The maximum Gasteiger partial charge on any atom is 0.167 e. The van der Waals surface area contributed by atoms with Crippen LogP contribution in [0.1, 0.15) is 25.6 Å². The molecule has 0 aliphatic carbocycles. The van der Waals surface area contributed by atoms with Crippen LogP contribution in [0, 0.1) is 5.41 Å². The monoisotopic (exact) mass is 213 g/mol. The first kappa shape index (κ1) is 11.3. The normalized spacial score (nSPS) is 14.0. The van der Waals surface area contributed by atoms with E-state index in [9.17, 15) is 9.90 Å². The summed E-state index contributed by atoms with van der Waals surface area (Å²) in [5, 5.41) is 9.69. The molecule has 0 saturated carbocycles. The van der Waals surface area contributed by atoms with Gasteiger partial charge in [-0.05, 0) is 5.41 Å². The number of carbonyl (C=O) groups is 1. The molecule has 0 saturated heterocycles. The first-order valence-corrected chi connectivity index (χ1v) is 5.37. The lowest BCUT2D eigenvalue weighted by Crippen LogP contribution is -2.35. The van der Waals surface area contributed by atoms with Gasteiger partial charge in [0.2, 0.25) is 0 Å². The predicted molar refractivity (Wildman–Crippen MR) is 56.3 cm³/mol. The average Bonchev–Trinajstić information content (AvgIpc) is 2.53. The molecule has 0 aliphatic rings. The Labute approximate surface area is 87.8 Å². The van der Waals surface area contributed by atoms with Crippen LogP contribution < -0.4 is 0 Å². The molecule has 1 rings (SSSR count). The van der Waals surface area contributed by atoms with E-state index in [1.807, 2.05) is 20.8 Å². The molecule has 0 amide bonds. The fourth-order valence-electron chi connectivity index (χ4n) is 1.08. The van der Waals surface area contributed by atoms with Gasteiger partial charge in [-0.2, -0.15) is 0 Å². The van der Waals surface area contributed by atoms with E-state index in [2.05, 4.69) is 4.98 Å². The molecular formula is C10H15NO2S. The van der Waals surface area contributed by atoms with E-state index in [0.29, 0.717) is 0 Å².